The number of fused-ring (bicyclic) bond motifs is 1. The molecule has 1 saturated heterocycles. The molecule has 29 heavy (non-hydrogen) atoms. The van der Waals surface area contributed by atoms with Gasteiger partial charge >= 0.3 is 5.97 Å². The zero-order valence-electron chi connectivity index (χ0n) is 16.4. The molecule has 1 unspecified atom stereocenters. The van der Waals surface area contributed by atoms with Gasteiger partial charge in [-0.1, -0.05) is 18.2 Å². The van der Waals surface area contributed by atoms with Crippen LogP contribution in [0.15, 0.2) is 42.4 Å². The van der Waals surface area contributed by atoms with Crippen LogP contribution < -0.4 is 10.2 Å². The summed E-state index contributed by atoms with van der Waals surface area (Å²) in [5.41, 5.74) is 3.99. The van der Waals surface area contributed by atoms with Crippen LogP contribution in [0.25, 0.3) is 16.5 Å². The summed E-state index contributed by atoms with van der Waals surface area (Å²) in [5, 5.41) is 13.3. The lowest BCUT2D eigenvalue weighted by molar-refractivity contribution is -0.142. The quantitative estimate of drug-likeness (QED) is 0.830. The Bertz CT molecular complexity index is 1020. The number of amides is 1. The summed E-state index contributed by atoms with van der Waals surface area (Å²) < 4.78 is 0. The van der Waals surface area contributed by atoms with Crippen molar-refractivity contribution >= 4 is 34.2 Å². The number of benzene rings is 1. The van der Waals surface area contributed by atoms with Crippen LogP contribution in [0.1, 0.15) is 38.2 Å². The van der Waals surface area contributed by atoms with Crippen molar-refractivity contribution in [2.45, 2.75) is 32.6 Å². The molecule has 0 spiro atoms. The van der Waals surface area contributed by atoms with Crippen LogP contribution >= 0.6 is 0 Å². The molecule has 2 aliphatic rings. The van der Waals surface area contributed by atoms with E-state index in [-0.39, 0.29) is 11.8 Å². The average Bonchev–Trinajstić information content (AvgIpc) is 2.73. The largest absolute Gasteiger partial charge is 0.481 e. The first-order valence-corrected chi connectivity index (χ1v) is 9.92. The van der Waals surface area contributed by atoms with Gasteiger partial charge in [-0.25, -0.2) is 9.97 Å². The Balaban J connectivity index is 1.75. The number of hydrogen-bond acceptors (Lipinski definition) is 5. The molecular formula is C22H24N4O3. The van der Waals surface area contributed by atoms with Crippen molar-refractivity contribution in [1.29, 1.82) is 0 Å². The minimum atomic E-state index is -0.751. The SMILES string of the molecule is CC(=O)NC1=CC=C(c2cccc3ncnc(N4CCCC(C(=O)O)C4)c23)CC1. The molecule has 2 aromatic rings. The molecule has 4 rings (SSSR count). The van der Waals surface area contributed by atoms with Gasteiger partial charge in [0.15, 0.2) is 0 Å². The van der Waals surface area contributed by atoms with E-state index < -0.39 is 5.97 Å². The van der Waals surface area contributed by atoms with E-state index in [4.69, 9.17) is 0 Å². The Morgan fingerprint density at radius 1 is 1.21 bits per heavy atom. The van der Waals surface area contributed by atoms with Gasteiger partial charge in [0.05, 0.1) is 16.8 Å². The van der Waals surface area contributed by atoms with E-state index in [9.17, 15) is 14.7 Å². The van der Waals surface area contributed by atoms with E-state index in [2.05, 4.69) is 26.3 Å². The van der Waals surface area contributed by atoms with Crippen LogP contribution in [0.3, 0.4) is 0 Å². The number of aromatic nitrogens is 2. The van der Waals surface area contributed by atoms with Crippen LogP contribution in [0.4, 0.5) is 5.82 Å². The highest BCUT2D eigenvalue weighted by molar-refractivity contribution is 5.99. The Kier molecular flexibility index (Phi) is 5.29. The van der Waals surface area contributed by atoms with Gasteiger partial charge in [0.25, 0.3) is 0 Å². The number of carboxylic acids is 1. The number of nitrogens with zero attached hydrogens (tertiary/aromatic N) is 3. The van der Waals surface area contributed by atoms with Crippen molar-refractivity contribution in [2.75, 3.05) is 18.0 Å². The highest BCUT2D eigenvalue weighted by atomic mass is 16.4. The molecule has 7 heteroatoms. The van der Waals surface area contributed by atoms with E-state index in [0.29, 0.717) is 13.0 Å². The highest BCUT2D eigenvalue weighted by Gasteiger charge is 2.28. The van der Waals surface area contributed by atoms with Gasteiger partial charge in [-0.05, 0) is 49.0 Å². The van der Waals surface area contributed by atoms with Gasteiger partial charge in [-0.2, -0.15) is 0 Å². The predicted molar refractivity (Wildman–Crippen MR) is 111 cm³/mol. The molecule has 1 fully saturated rings. The van der Waals surface area contributed by atoms with Crippen molar-refractivity contribution in [3.63, 3.8) is 0 Å². The number of aliphatic carboxylic acids is 1. The molecule has 2 heterocycles. The fourth-order valence-corrected chi connectivity index (χ4v) is 4.16. The number of rotatable bonds is 4. The number of carbonyl (C=O) groups excluding carboxylic acids is 1. The fourth-order valence-electron chi connectivity index (χ4n) is 4.16. The third kappa shape index (κ3) is 3.99. The summed E-state index contributed by atoms with van der Waals surface area (Å²) >= 11 is 0. The molecule has 1 atom stereocenters. The summed E-state index contributed by atoms with van der Waals surface area (Å²) in [4.78, 5) is 33.9. The lowest BCUT2D eigenvalue weighted by Crippen LogP contribution is -2.39. The second-order valence-corrected chi connectivity index (χ2v) is 7.59. The molecule has 1 aliphatic heterocycles. The van der Waals surface area contributed by atoms with E-state index >= 15 is 0 Å². The molecule has 1 amide bonds. The van der Waals surface area contributed by atoms with Crippen LogP contribution in [0.2, 0.25) is 0 Å². The van der Waals surface area contributed by atoms with Gasteiger partial charge in [0.2, 0.25) is 5.91 Å². The molecule has 7 nitrogen and oxygen atoms in total. The number of allylic oxidation sites excluding steroid dienone is 4. The van der Waals surface area contributed by atoms with E-state index in [1.54, 1.807) is 6.33 Å². The Morgan fingerprint density at radius 3 is 2.79 bits per heavy atom. The topological polar surface area (TPSA) is 95.4 Å². The van der Waals surface area contributed by atoms with Gasteiger partial charge in [-0.15, -0.1) is 0 Å². The molecule has 1 aliphatic carbocycles. The number of piperidine rings is 1. The van der Waals surface area contributed by atoms with Gasteiger partial charge in [-0.3, -0.25) is 9.59 Å². The van der Waals surface area contributed by atoms with Crippen LogP contribution in [-0.2, 0) is 9.59 Å². The van der Waals surface area contributed by atoms with Gasteiger partial charge in [0, 0.05) is 25.7 Å². The number of nitrogens with one attached hydrogen (secondary N) is 1. The smallest absolute Gasteiger partial charge is 0.308 e. The first kappa shape index (κ1) is 19.1. The number of carboxylic acid groups (broad SMARTS) is 1. The summed E-state index contributed by atoms with van der Waals surface area (Å²) in [7, 11) is 0. The maximum atomic E-state index is 11.5. The summed E-state index contributed by atoms with van der Waals surface area (Å²) in [5.74, 6) is -0.391. The predicted octanol–water partition coefficient (Wildman–Crippen LogP) is 3.13. The monoisotopic (exact) mass is 392 g/mol. The molecule has 2 N–H and O–H groups in total. The second kappa shape index (κ2) is 8.03. The van der Waals surface area contributed by atoms with Crippen molar-refractivity contribution in [3.8, 4) is 0 Å². The first-order chi connectivity index (χ1) is 14.0. The number of anilines is 1. The minimum absolute atomic E-state index is 0.0629. The summed E-state index contributed by atoms with van der Waals surface area (Å²) in [6, 6.07) is 6.01. The molecule has 150 valence electrons. The molecule has 1 aromatic carbocycles. The van der Waals surface area contributed by atoms with E-state index in [1.165, 1.54) is 6.92 Å². The molecular weight excluding hydrogens is 368 g/mol. The van der Waals surface area contributed by atoms with Crippen LogP contribution in [0, 0.1) is 5.92 Å². The molecule has 0 saturated carbocycles. The zero-order chi connectivity index (χ0) is 20.4. The average molecular weight is 392 g/mol. The molecule has 0 radical (unpaired) electrons. The maximum absolute atomic E-state index is 11.5. The summed E-state index contributed by atoms with van der Waals surface area (Å²) in [6.07, 6.45) is 8.63. The van der Waals surface area contributed by atoms with Crippen LogP contribution in [0.5, 0.6) is 0 Å². The second-order valence-electron chi connectivity index (χ2n) is 7.59. The van der Waals surface area contributed by atoms with Gasteiger partial charge < -0.3 is 15.3 Å². The maximum Gasteiger partial charge on any atom is 0.308 e. The summed E-state index contributed by atoms with van der Waals surface area (Å²) in [6.45, 7) is 2.76. The van der Waals surface area contributed by atoms with Crippen molar-refractivity contribution in [1.82, 2.24) is 15.3 Å². The lowest BCUT2D eigenvalue weighted by atomic mass is 9.92. The van der Waals surface area contributed by atoms with Crippen molar-refractivity contribution in [2.24, 2.45) is 5.92 Å². The Morgan fingerprint density at radius 2 is 2.07 bits per heavy atom. The standard InChI is InChI=1S/C22H24N4O3/c1-14(27)25-17-9-7-15(8-10-17)18-5-2-6-19-20(18)21(24-13-23-19)26-11-3-4-16(12-26)22(28)29/h2,5-7,9,13,16H,3-4,8,10-12H2,1H3,(H,25,27)(H,28,29). The third-order valence-corrected chi connectivity index (χ3v) is 5.54. The Labute approximate surface area is 169 Å². The number of carbonyl (C=O) groups is 2. The van der Waals surface area contributed by atoms with Crippen molar-refractivity contribution < 1.29 is 14.7 Å². The Hall–Kier alpha value is -3.22. The number of hydrogen-bond donors (Lipinski definition) is 2. The van der Waals surface area contributed by atoms with E-state index in [1.807, 2.05) is 24.3 Å². The van der Waals surface area contributed by atoms with Crippen LogP contribution in [-0.4, -0.2) is 40.0 Å². The normalized spacial score (nSPS) is 19.5. The minimum Gasteiger partial charge on any atom is -0.481 e. The first-order valence-electron chi connectivity index (χ1n) is 9.92. The molecule has 0 bridgehead atoms. The van der Waals surface area contributed by atoms with E-state index in [0.717, 1.165) is 59.4 Å². The van der Waals surface area contributed by atoms with Crippen molar-refractivity contribution in [3.05, 3.63) is 47.9 Å². The highest BCUT2D eigenvalue weighted by Crippen LogP contribution is 2.36. The van der Waals surface area contributed by atoms with Gasteiger partial charge in [0.1, 0.15) is 12.1 Å². The lowest BCUT2D eigenvalue weighted by Gasteiger charge is -2.32. The fraction of sp³-hybridized carbons (Fsp3) is 0.364. The molecule has 1 aromatic heterocycles. The third-order valence-electron chi connectivity index (χ3n) is 5.54. The zero-order valence-corrected chi connectivity index (χ0v) is 16.4.